The molecule has 1 aliphatic heterocycles. The molecule has 128 valence electrons. The molecule has 0 atom stereocenters. The van der Waals surface area contributed by atoms with Crippen molar-refractivity contribution < 1.29 is 19.4 Å². The molecule has 0 unspecified atom stereocenters. The highest BCUT2D eigenvalue weighted by molar-refractivity contribution is 6.93. The monoisotopic (exact) mass is 337 g/mol. The minimum atomic E-state index is -1.78. The zero-order chi connectivity index (χ0) is 16.9. The van der Waals surface area contributed by atoms with Crippen molar-refractivity contribution in [3.8, 4) is 17.2 Å². The minimum Gasteiger partial charge on any atom is -0.497 e. The molecule has 23 heavy (non-hydrogen) atoms. The molecule has 1 fully saturated rings. The third-order valence-electron chi connectivity index (χ3n) is 4.90. The quantitative estimate of drug-likeness (QED) is 0.491. The summed E-state index contributed by atoms with van der Waals surface area (Å²) in [6, 6.07) is 7.24. The maximum atomic E-state index is 9.07. The van der Waals surface area contributed by atoms with Crippen molar-refractivity contribution in [2.45, 2.75) is 44.3 Å². The SMILES string of the molecule is CCC[Si]1(c2c(OC)cc(OC)cc2OC)CCC(=NO)CC1. The lowest BCUT2D eigenvalue weighted by molar-refractivity contribution is 0.316. The Kier molecular flexibility index (Phi) is 5.93. The lowest BCUT2D eigenvalue weighted by Crippen LogP contribution is -2.51. The minimum absolute atomic E-state index is 0.747. The molecule has 0 aromatic heterocycles. The van der Waals surface area contributed by atoms with Gasteiger partial charge in [-0.15, -0.1) is 0 Å². The summed E-state index contributed by atoms with van der Waals surface area (Å²) in [6.45, 7) is 2.23. The largest absolute Gasteiger partial charge is 0.497 e. The van der Waals surface area contributed by atoms with E-state index in [0.29, 0.717) is 0 Å². The highest BCUT2D eigenvalue weighted by atomic mass is 28.3. The van der Waals surface area contributed by atoms with E-state index >= 15 is 0 Å². The average molecular weight is 337 g/mol. The lowest BCUT2D eigenvalue weighted by Gasteiger charge is -2.37. The van der Waals surface area contributed by atoms with Gasteiger partial charge in [0.2, 0.25) is 0 Å². The molecule has 0 bridgehead atoms. The van der Waals surface area contributed by atoms with Crippen LogP contribution in [0.3, 0.4) is 0 Å². The topological polar surface area (TPSA) is 60.3 Å². The van der Waals surface area contributed by atoms with Gasteiger partial charge in [0.15, 0.2) is 0 Å². The van der Waals surface area contributed by atoms with E-state index in [4.69, 9.17) is 19.4 Å². The number of oxime groups is 1. The second-order valence-corrected chi connectivity index (χ2v) is 10.7. The molecule has 1 aliphatic rings. The fourth-order valence-corrected chi connectivity index (χ4v) is 9.13. The molecule has 0 saturated carbocycles. The number of rotatable bonds is 6. The van der Waals surface area contributed by atoms with E-state index in [9.17, 15) is 0 Å². The first kappa shape index (κ1) is 17.7. The van der Waals surface area contributed by atoms with Gasteiger partial charge in [-0.2, -0.15) is 0 Å². The molecule has 1 heterocycles. The summed E-state index contributed by atoms with van der Waals surface area (Å²) >= 11 is 0. The van der Waals surface area contributed by atoms with Crippen molar-refractivity contribution in [1.29, 1.82) is 0 Å². The zero-order valence-corrected chi connectivity index (χ0v) is 15.5. The molecule has 1 aromatic carbocycles. The number of hydrogen-bond donors (Lipinski definition) is 1. The van der Waals surface area contributed by atoms with Crippen molar-refractivity contribution in [3.63, 3.8) is 0 Å². The Morgan fingerprint density at radius 2 is 1.61 bits per heavy atom. The van der Waals surface area contributed by atoms with Crippen LogP contribution in [-0.2, 0) is 0 Å². The molecule has 0 amide bonds. The highest BCUT2D eigenvalue weighted by Crippen LogP contribution is 2.38. The van der Waals surface area contributed by atoms with Crippen molar-refractivity contribution in [2.24, 2.45) is 5.16 Å². The highest BCUT2D eigenvalue weighted by Gasteiger charge is 2.42. The second kappa shape index (κ2) is 7.72. The van der Waals surface area contributed by atoms with E-state index in [1.165, 1.54) is 11.2 Å². The fraction of sp³-hybridized carbons (Fsp3) is 0.588. The Bertz CT molecular complexity index is 539. The lowest BCUT2D eigenvalue weighted by atomic mass is 10.2. The van der Waals surface area contributed by atoms with Crippen LogP contribution < -0.4 is 19.4 Å². The second-order valence-electron chi connectivity index (χ2n) is 6.10. The van der Waals surface area contributed by atoms with E-state index in [2.05, 4.69) is 12.1 Å². The Morgan fingerprint density at radius 3 is 2.00 bits per heavy atom. The van der Waals surface area contributed by atoms with Crippen LogP contribution in [0.4, 0.5) is 0 Å². The number of nitrogens with zero attached hydrogens (tertiary/aromatic N) is 1. The van der Waals surface area contributed by atoms with E-state index in [1.54, 1.807) is 21.3 Å². The van der Waals surface area contributed by atoms with Crippen molar-refractivity contribution >= 4 is 19.0 Å². The normalized spacial score (nSPS) is 21.0. The number of methoxy groups -OCH3 is 3. The average Bonchev–Trinajstić information content (AvgIpc) is 2.61. The maximum Gasteiger partial charge on any atom is 0.126 e. The van der Waals surface area contributed by atoms with E-state index < -0.39 is 8.07 Å². The van der Waals surface area contributed by atoms with Gasteiger partial charge in [0.1, 0.15) is 17.2 Å². The standard InChI is InChI=1S/C17H27NO4Si/c1-5-8-23(9-6-13(18-19)7-10-23)17-15(21-3)11-14(20-2)12-16(17)22-4/h11-12,19H,5-10H2,1-4H3. The maximum absolute atomic E-state index is 9.07. The molecule has 0 aliphatic carbocycles. The summed E-state index contributed by atoms with van der Waals surface area (Å²) in [5, 5.41) is 13.8. The van der Waals surface area contributed by atoms with Gasteiger partial charge in [0.05, 0.1) is 35.1 Å². The van der Waals surface area contributed by atoms with E-state index in [0.717, 1.165) is 54.3 Å². The zero-order valence-electron chi connectivity index (χ0n) is 14.5. The van der Waals surface area contributed by atoms with Gasteiger partial charge in [-0.05, 0) is 24.9 Å². The first-order valence-corrected chi connectivity index (χ1v) is 10.8. The van der Waals surface area contributed by atoms with Crippen molar-refractivity contribution in [3.05, 3.63) is 12.1 Å². The predicted octanol–water partition coefficient (Wildman–Crippen LogP) is 3.40. The van der Waals surface area contributed by atoms with Crippen molar-refractivity contribution in [1.82, 2.24) is 0 Å². The summed E-state index contributed by atoms with van der Waals surface area (Å²) in [5.41, 5.74) is 0.913. The first-order valence-electron chi connectivity index (χ1n) is 8.14. The molecule has 1 N–H and O–H groups in total. The summed E-state index contributed by atoms with van der Waals surface area (Å²) < 4.78 is 16.8. The van der Waals surface area contributed by atoms with Gasteiger partial charge in [-0.3, -0.25) is 0 Å². The van der Waals surface area contributed by atoms with Gasteiger partial charge >= 0.3 is 0 Å². The third kappa shape index (κ3) is 3.47. The Hall–Kier alpha value is -1.69. The molecule has 2 rings (SSSR count). The molecule has 5 nitrogen and oxygen atoms in total. The molecule has 0 spiro atoms. The van der Waals surface area contributed by atoms with Gasteiger partial charge in [-0.1, -0.05) is 24.5 Å². The van der Waals surface area contributed by atoms with Crippen LogP contribution in [0.5, 0.6) is 17.2 Å². The molecule has 6 heteroatoms. The Labute approximate surface area is 139 Å². The smallest absolute Gasteiger partial charge is 0.126 e. The van der Waals surface area contributed by atoms with Crippen LogP contribution in [0.2, 0.25) is 18.1 Å². The Balaban J connectivity index is 2.54. The van der Waals surface area contributed by atoms with Crippen LogP contribution in [0, 0.1) is 0 Å². The van der Waals surface area contributed by atoms with Crippen LogP contribution in [-0.4, -0.2) is 40.3 Å². The molecule has 1 aromatic rings. The molecular weight excluding hydrogens is 310 g/mol. The van der Waals surface area contributed by atoms with Crippen molar-refractivity contribution in [2.75, 3.05) is 21.3 Å². The number of benzene rings is 1. The van der Waals surface area contributed by atoms with Gasteiger partial charge in [0.25, 0.3) is 0 Å². The van der Waals surface area contributed by atoms with Gasteiger partial charge in [-0.25, -0.2) is 0 Å². The summed E-state index contributed by atoms with van der Waals surface area (Å²) in [7, 11) is 3.28. The number of hydrogen-bond acceptors (Lipinski definition) is 5. The summed E-state index contributed by atoms with van der Waals surface area (Å²) in [6.07, 6.45) is 2.86. The van der Waals surface area contributed by atoms with E-state index in [1.807, 2.05) is 12.1 Å². The molecule has 0 radical (unpaired) electrons. The molecule has 1 saturated heterocycles. The van der Waals surface area contributed by atoms with Gasteiger partial charge < -0.3 is 19.4 Å². The molecular formula is C17H27NO4Si. The van der Waals surface area contributed by atoms with Crippen LogP contribution in [0.1, 0.15) is 26.2 Å². The van der Waals surface area contributed by atoms with Crippen LogP contribution >= 0.6 is 0 Å². The third-order valence-corrected chi connectivity index (χ3v) is 10.3. The number of ether oxygens (including phenoxy) is 3. The predicted molar refractivity (Wildman–Crippen MR) is 94.7 cm³/mol. The first-order chi connectivity index (χ1) is 11.1. The summed E-state index contributed by atoms with van der Waals surface area (Å²) in [4.78, 5) is 0. The van der Waals surface area contributed by atoms with Gasteiger partial charge in [0, 0.05) is 17.3 Å². The van der Waals surface area contributed by atoms with E-state index in [-0.39, 0.29) is 0 Å². The fourth-order valence-electron chi connectivity index (χ4n) is 3.75. The summed E-state index contributed by atoms with van der Waals surface area (Å²) in [5.74, 6) is 2.48. The van der Waals surface area contributed by atoms with Crippen LogP contribution in [0.15, 0.2) is 17.3 Å². The van der Waals surface area contributed by atoms with Crippen LogP contribution in [0.25, 0.3) is 0 Å². The Morgan fingerprint density at radius 1 is 1.04 bits per heavy atom.